The van der Waals surface area contributed by atoms with Gasteiger partial charge in [0, 0.05) is 30.8 Å². The number of esters is 1. The van der Waals surface area contributed by atoms with Crippen LogP contribution in [0.4, 0.5) is 24.9 Å². The molecule has 4 heterocycles. The molecule has 35 heavy (non-hydrogen) atoms. The molecule has 1 fully saturated rings. The van der Waals surface area contributed by atoms with Gasteiger partial charge in [-0.15, -0.1) is 11.3 Å². The number of ether oxygens (including phenoxy) is 2. The normalized spacial score (nSPS) is 15.7. The van der Waals surface area contributed by atoms with E-state index in [1.165, 1.54) is 29.5 Å². The third-order valence-corrected chi connectivity index (χ3v) is 6.49. The highest BCUT2D eigenvalue weighted by Crippen LogP contribution is 2.37. The molecule has 2 aromatic heterocycles. The third-order valence-electron chi connectivity index (χ3n) is 5.64. The van der Waals surface area contributed by atoms with Crippen LogP contribution in [0.25, 0.3) is 11.3 Å². The number of rotatable bonds is 4. The van der Waals surface area contributed by atoms with E-state index in [-0.39, 0.29) is 11.7 Å². The van der Waals surface area contributed by atoms with Crippen LogP contribution in [0.3, 0.4) is 0 Å². The van der Waals surface area contributed by atoms with Gasteiger partial charge in [0.05, 0.1) is 23.8 Å². The molecule has 2 aliphatic heterocycles. The number of hydrogen-bond acceptors (Lipinski definition) is 8. The summed E-state index contributed by atoms with van der Waals surface area (Å²) in [6.45, 7) is 2.50. The Balaban J connectivity index is 1.57. The average Bonchev–Trinajstić information content (AvgIpc) is 3.54. The van der Waals surface area contributed by atoms with Crippen molar-refractivity contribution in [1.82, 2.24) is 9.97 Å². The minimum absolute atomic E-state index is 0.177. The molecule has 182 valence electrons. The van der Waals surface area contributed by atoms with E-state index < -0.39 is 12.1 Å². The maximum atomic E-state index is 13.2. The highest BCUT2D eigenvalue weighted by atomic mass is 32.1. The summed E-state index contributed by atoms with van der Waals surface area (Å²) in [7, 11) is 0. The predicted molar refractivity (Wildman–Crippen MR) is 122 cm³/mol. The van der Waals surface area contributed by atoms with E-state index in [1.54, 1.807) is 23.1 Å². The van der Waals surface area contributed by atoms with Gasteiger partial charge in [0.15, 0.2) is 0 Å². The summed E-state index contributed by atoms with van der Waals surface area (Å²) in [5.74, 6) is -1.87. The standard InChI is InChI=1S/C23H19F3N4O4S/c24-23(25,26)21(32)34-15-4-1-3-14(13-15)18-16-6-7-30(20(31)17-5-2-12-35-17)19(16)28-22(27-18)29-8-10-33-11-9-29/h1-5,12-13H,6-11H2. The van der Waals surface area contributed by atoms with Crippen LogP contribution < -0.4 is 14.5 Å². The van der Waals surface area contributed by atoms with Crippen LogP contribution in [0.15, 0.2) is 41.8 Å². The highest BCUT2D eigenvalue weighted by Gasteiger charge is 2.41. The second-order valence-electron chi connectivity index (χ2n) is 7.87. The van der Waals surface area contributed by atoms with Crippen LogP contribution in [0.2, 0.25) is 0 Å². The van der Waals surface area contributed by atoms with E-state index in [4.69, 9.17) is 14.7 Å². The number of hydrogen-bond donors (Lipinski definition) is 0. The first-order chi connectivity index (χ1) is 16.8. The lowest BCUT2D eigenvalue weighted by atomic mass is 10.1. The summed E-state index contributed by atoms with van der Waals surface area (Å²) >= 11 is 1.33. The summed E-state index contributed by atoms with van der Waals surface area (Å²) in [4.78, 5) is 38.0. The Morgan fingerprint density at radius 2 is 1.86 bits per heavy atom. The van der Waals surface area contributed by atoms with E-state index in [0.29, 0.717) is 72.7 Å². The molecule has 0 N–H and O–H groups in total. The number of anilines is 2. The van der Waals surface area contributed by atoms with Crippen molar-refractivity contribution in [1.29, 1.82) is 0 Å². The molecule has 0 atom stereocenters. The fourth-order valence-corrected chi connectivity index (χ4v) is 4.66. The zero-order valence-corrected chi connectivity index (χ0v) is 19.1. The highest BCUT2D eigenvalue weighted by molar-refractivity contribution is 7.12. The van der Waals surface area contributed by atoms with Crippen LogP contribution in [-0.4, -0.2) is 60.9 Å². The van der Waals surface area contributed by atoms with Gasteiger partial charge in [-0.1, -0.05) is 18.2 Å². The van der Waals surface area contributed by atoms with Crippen LogP contribution in [-0.2, 0) is 16.0 Å². The molecule has 0 bridgehead atoms. The molecule has 0 spiro atoms. The number of carbonyl (C=O) groups is 2. The average molecular weight is 504 g/mol. The van der Waals surface area contributed by atoms with Crippen LogP contribution >= 0.6 is 11.3 Å². The molecule has 12 heteroatoms. The van der Waals surface area contributed by atoms with E-state index in [0.717, 1.165) is 0 Å². The topological polar surface area (TPSA) is 84.9 Å². The lowest BCUT2D eigenvalue weighted by molar-refractivity contribution is -0.189. The van der Waals surface area contributed by atoms with Crippen molar-refractivity contribution in [3.63, 3.8) is 0 Å². The predicted octanol–water partition coefficient (Wildman–Crippen LogP) is 3.71. The number of nitrogens with zero attached hydrogens (tertiary/aromatic N) is 4. The molecule has 1 saturated heterocycles. The van der Waals surface area contributed by atoms with Gasteiger partial charge in [0.2, 0.25) is 5.95 Å². The molecule has 2 aliphatic rings. The number of aromatic nitrogens is 2. The Morgan fingerprint density at radius 1 is 1.06 bits per heavy atom. The molecule has 0 aliphatic carbocycles. The Bertz CT molecular complexity index is 1260. The molecule has 0 saturated carbocycles. The van der Waals surface area contributed by atoms with Crippen LogP contribution in [0, 0.1) is 0 Å². The molecule has 1 aromatic carbocycles. The largest absolute Gasteiger partial charge is 0.491 e. The summed E-state index contributed by atoms with van der Waals surface area (Å²) in [5, 5.41) is 1.82. The molecule has 5 rings (SSSR count). The van der Waals surface area contributed by atoms with E-state index in [1.807, 2.05) is 10.3 Å². The monoisotopic (exact) mass is 504 g/mol. The van der Waals surface area contributed by atoms with Crippen molar-refractivity contribution in [2.45, 2.75) is 12.6 Å². The molecule has 1 amide bonds. The third kappa shape index (κ3) is 4.71. The van der Waals surface area contributed by atoms with Gasteiger partial charge >= 0.3 is 12.1 Å². The summed E-state index contributed by atoms with van der Waals surface area (Å²) in [6, 6.07) is 9.30. The zero-order valence-electron chi connectivity index (χ0n) is 18.2. The van der Waals surface area contributed by atoms with Gasteiger partial charge in [-0.2, -0.15) is 18.2 Å². The SMILES string of the molecule is O=C(c1cccs1)N1CCc2c(-c3cccc(OC(=O)C(F)(F)F)c3)nc(N3CCOCC3)nc21. The molecule has 8 nitrogen and oxygen atoms in total. The van der Waals surface area contributed by atoms with Crippen molar-refractivity contribution in [2.75, 3.05) is 42.6 Å². The number of carbonyl (C=O) groups excluding carboxylic acids is 2. The first-order valence-electron chi connectivity index (χ1n) is 10.8. The molecule has 0 radical (unpaired) electrons. The van der Waals surface area contributed by atoms with Crippen LogP contribution in [0.1, 0.15) is 15.2 Å². The van der Waals surface area contributed by atoms with Crippen molar-refractivity contribution in [2.24, 2.45) is 0 Å². The lowest BCUT2D eigenvalue weighted by Gasteiger charge is -2.28. The van der Waals surface area contributed by atoms with Crippen molar-refractivity contribution in [3.8, 4) is 17.0 Å². The second kappa shape index (κ2) is 9.27. The van der Waals surface area contributed by atoms with Crippen molar-refractivity contribution < 1.29 is 32.2 Å². The molecule has 3 aromatic rings. The summed E-state index contributed by atoms with van der Waals surface area (Å²) < 4.78 is 48.0. The smallest absolute Gasteiger partial charge is 0.420 e. The maximum absolute atomic E-state index is 13.2. The Hall–Kier alpha value is -3.51. The quantitative estimate of drug-likeness (QED) is 0.396. The van der Waals surface area contributed by atoms with Gasteiger partial charge in [-0.05, 0) is 30.0 Å². The van der Waals surface area contributed by atoms with Crippen molar-refractivity contribution >= 4 is 35.0 Å². The number of fused-ring (bicyclic) bond motifs is 1. The van der Waals surface area contributed by atoms with Gasteiger partial charge in [-0.25, -0.2) is 9.78 Å². The van der Waals surface area contributed by atoms with Crippen molar-refractivity contribution in [3.05, 3.63) is 52.2 Å². The number of benzene rings is 1. The first-order valence-corrected chi connectivity index (χ1v) is 11.7. The van der Waals surface area contributed by atoms with Crippen LogP contribution in [0.5, 0.6) is 5.75 Å². The second-order valence-corrected chi connectivity index (χ2v) is 8.82. The number of halogens is 3. The fourth-order valence-electron chi connectivity index (χ4n) is 3.99. The fraction of sp³-hybridized carbons (Fsp3) is 0.304. The number of thiophene rings is 1. The minimum atomic E-state index is -5.11. The minimum Gasteiger partial charge on any atom is -0.420 e. The van der Waals surface area contributed by atoms with Gasteiger partial charge in [-0.3, -0.25) is 9.69 Å². The van der Waals surface area contributed by atoms with E-state index in [9.17, 15) is 22.8 Å². The maximum Gasteiger partial charge on any atom is 0.491 e. The number of amides is 1. The van der Waals surface area contributed by atoms with E-state index in [2.05, 4.69) is 4.74 Å². The Morgan fingerprint density at radius 3 is 2.57 bits per heavy atom. The molecular formula is C23H19F3N4O4S. The lowest BCUT2D eigenvalue weighted by Crippen LogP contribution is -2.38. The zero-order chi connectivity index (χ0) is 24.6. The van der Waals surface area contributed by atoms with Gasteiger partial charge in [0.25, 0.3) is 5.91 Å². The van der Waals surface area contributed by atoms with Gasteiger partial charge in [0.1, 0.15) is 11.6 Å². The summed E-state index contributed by atoms with van der Waals surface area (Å²) in [5.41, 5.74) is 1.63. The number of morpholine rings is 1. The molecular weight excluding hydrogens is 485 g/mol. The first kappa shape index (κ1) is 23.2. The Kier molecular flexibility index (Phi) is 6.15. The number of alkyl halides is 3. The van der Waals surface area contributed by atoms with E-state index >= 15 is 0 Å². The summed E-state index contributed by atoms with van der Waals surface area (Å²) in [6.07, 6.45) is -4.64. The van der Waals surface area contributed by atoms with Gasteiger partial charge < -0.3 is 14.4 Å². The Labute approximate surface area is 201 Å². The molecule has 0 unspecified atom stereocenters.